The Kier molecular flexibility index (Phi) is 8.23. The van der Waals surface area contributed by atoms with Crippen LogP contribution >= 0.6 is 0 Å². The largest absolute Gasteiger partial charge is 0.357 e. The van der Waals surface area contributed by atoms with E-state index in [-0.39, 0.29) is 18.5 Å². The van der Waals surface area contributed by atoms with Crippen LogP contribution in [0, 0.1) is 0 Å². The molecule has 21 heavy (non-hydrogen) atoms. The highest BCUT2D eigenvalue weighted by Gasteiger charge is 2.27. The molecular formula is C14H27N5O2. The van der Waals surface area contributed by atoms with Gasteiger partial charge >= 0.3 is 6.03 Å². The molecular weight excluding hydrogens is 270 g/mol. The van der Waals surface area contributed by atoms with Gasteiger partial charge in [-0.1, -0.05) is 26.2 Å². The predicted molar refractivity (Wildman–Crippen MR) is 83.2 cm³/mol. The van der Waals surface area contributed by atoms with E-state index in [0.717, 1.165) is 25.5 Å². The molecule has 1 aliphatic rings. The molecule has 0 aromatic rings. The van der Waals surface area contributed by atoms with Gasteiger partial charge in [0.05, 0.1) is 6.54 Å². The van der Waals surface area contributed by atoms with Gasteiger partial charge in [-0.2, -0.15) is 0 Å². The number of amides is 3. The number of nitrogens with zero attached hydrogens (tertiary/aromatic N) is 2. The number of hydrogen-bond acceptors (Lipinski definition) is 3. The van der Waals surface area contributed by atoms with E-state index in [4.69, 9.17) is 0 Å². The fourth-order valence-electron chi connectivity index (χ4n) is 2.04. The second-order valence-corrected chi connectivity index (χ2v) is 4.95. The van der Waals surface area contributed by atoms with Gasteiger partial charge in [-0.05, 0) is 13.3 Å². The number of imide groups is 1. The van der Waals surface area contributed by atoms with Gasteiger partial charge in [0.15, 0.2) is 5.96 Å². The third-order valence-corrected chi connectivity index (χ3v) is 3.19. The molecule has 120 valence electrons. The number of urea groups is 1. The van der Waals surface area contributed by atoms with Crippen LogP contribution in [0.25, 0.3) is 0 Å². The predicted octanol–water partition coefficient (Wildman–Crippen LogP) is 0.674. The zero-order valence-electron chi connectivity index (χ0n) is 13.1. The SMILES string of the molecule is CCCCCCN=C(NCC)NCCN1C(=O)CNC1=O. The molecule has 0 aromatic heterocycles. The van der Waals surface area contributed by atoms with Crippen molar-refractivity contribution >= 4 is 17.9 Å². The number of rotatable bonds is 9. The van der Waals surface area contributed by atoms with Crippen molar-refractivity contribution in [3.8, 4) is 0 Å². The molecule has 1 aliphatic heterocycles. The minimum Gasteiger partial charge on any atom is -0.357 e. The lowest BCUT2D eigenvalue weighted by Crippen LogP contribution is -2.43. The number of unbranched alkanes of at least 4 members (excludes halogenated alkanes) is 3. The van der Waals surface area contributed by atoms with Gasteiger partial charge in [-0.25, -0.2) is 4.79 Å². The highest BCUT2D eigenvalue weighted by molar-refractivity contribution is 6.01. The summed E-state index contributed by atoms with van der Waals surface area (Å²) in [6.45, 7) is 6.72. The molecule has 3 amide bonds. The van der Waals surface area contributed by atoms with Gasteiger partial charge in [-0.15, -0.1) is 0 Å². The first-order valence-electron chi connectivity index (χ1n) is 7.79. The Labute approximate surface area is 126 Å². The topological polar surface area (TPSA) is 85.8 Å². The van der Waals surface area contributed by atoms with Crippen molar-refractivity contribution in [2.75, 3.05) is 32.7 Å². The van der Waals surface area contributed by atoms with Gasteiger partial charge in [0.1, 0.15) is 0 Å². The maximum absolute atomic E-state index is 11.4. The summed E-state index contributed by atoms with van der Waals surface area (Å²) in [6, 6.07) is -0.316. The van der Waals surface area contributed by atoms with E-state index in [1.165, 1.54) is 24.2 Å². The van der Waals surface area contributed by atoms with Gasteiger partial charge < -0.3 is 16.0 Å². The molecule has 0 bridgehead atoms. The first kappa shape index (κ1) is 17.3. The Hall–Kier alpha value is -1.79. The summed E-state index contributed by atoms with van der Waals surface area (Å²) in [5.74, 6) is 0.560. The lowest BCUT2D eigenvalue weighted by molar-refractivity contribution is -0.124. The van der Waals surface area contributed by atoms with E-state index in [0.29, 0.717) is 13.1 Å². The van der Waals surface area contributed by atoms with Crippen molar-refractivity contribution < 1.29 is 9.59 Å². The Morgan fingerprint density at radius 2 is 2.05 bits per heavy atom. The Bertz CT molecular complexity index is 354. The van der Waals surface area contributed by atoms with E-state index in [1.807, 2.05) is 6.92 Å². The number of carbonyl (C=O) groups is 2. The molecule has 7 nitrogen and oxygen atoms in total. The first-order valence-corrected chi connectivity index (χ1v) is 7.79. The van der Waals surface area contributed by atoms with Crippen LogP contribution < -0.4 is 16.0 Å². The molecule has 1 heterocycles. The number of carbonyl (C=O) groups excluding carboxylic acids is 2. The van der Waals surface area contributed by atoms with Crippen LogP contribution in [-0.4, -0.2) is 55.5 Å². The summed E-state index contributed by atoms with van der Waals surface area (Å²) < 4.78 is 0. The van der Waals surface area contributed by atoms with E-state index in [1.54, 1.807) is 0 Å². The second-order valence-electron chi connectivity index (χ2n) is 4.95. The molecule has 0 radical (unpaired) electrons. The highest BCUT2D eigenvalue weighted by Crippen LogP contribution is 1.99. The zero-order chi connectivity index (χ0) is 15.5. The molecule has 0 saturated carbocycles. The van der Waals surface area contributed by atoms with Gasteiger partial charge in [0.2, 0.25) is 5.91 Å². The third-order valence-electron chi connectivity index (χ3n) is 3.19. The summed E-state index contributed by atoms with van der Waals surface area (Å²) in [5.41, 5.74) is 0. The fraction of sp³-hybridized carbons (Fsp3) is 0.786. The maximum atomic E-state index is 11.4. The Balaban J connectivity index is 2.28. The molecule has 0 aliphatic carbocycles. The number of aliphatic imine (C=N–C) groups is 1. The van der Waals surface area contributed by atoms with Crippen molar-refractivity contribution in [3.05, 3.63) is 0 Å². The smallest absolute Gasteiger partial charge is 0.324 e. The summed E-state index contributed by atoms with van der Waals surface area (Å²) in [7, 11) is 0. The zero-order valence-corrected chi connectivity index (χ0v) is 13.1. The lowest BCUT2D eigenvalue weighted by atomic mass is 10.2. The second kappa shape index (κ2) is 10.0. The first-order chi connectivity index (χ1) is 10.2. The van der Waals surface area contributed by atoms with Crippen molar-refractivity contribution in [2.45, 2.75) is 39.5 Å². The van der Waals surface area contributed by atoms with Crippen LogP contribution in [0.4, 0.5) is 4.79 Å². The van der Waals surface area contributed by atoms with Crippen LogP contribution in [0.3, 0.4) is 0 Å². The van der Waals surface area contributed by atoms with E-state index in [9.17, 15) is 9.59 Å². The maximum Gasteiger partial charge on any atom is 0.324 e. The summed E-state index contributed by atoms with van der Waals surface area (Å²) in [5, 5.41) is 8.80. The van der Waals surface area contributed by atoms with E-state index < -0.39 is 0 Å². The average molecular weight is 297 g/mol. The monoisotopic (exact) mass is 297 g/mol. The number of guanidine groups is 1. The summed E-state index contributed by atoms with van der Waals surface area (Å²) in [6.07, 6.45) is 4.74. The molecule has 1 fully saturated rings. The number of hydrogen-bond donors (Lipinski definition) is 3. The Morgan fingerprint density at radius 1 is 1.24 bits per heavy atom. The molecule has 0 unspecified atom stereocenters. The summed E-state index contributed by atoms with van der Waals surface area (Å²) >= 11 is 0. The molecule has 0 spiro atoms. The average Bonchev–Trinajstić information content (AvgIpc) is 2.78. The highest BCUT2D eigenvalue weighted by atomic mass is 16.2. The standard InChI is InChI=1S/C14H27N5O2/c1-3-5-6-7-8-16-13(15-4-2)17-9-10-19-12(20)11-18-14(19)21/h3-11H2,1-2H3,(H,18,21)(H2,15,16,17). The molecule has 3 N–H and O–H groups in total. The van der Waals surface area contributed by atoms with Crippen LogP contribution in [0.1, 0.15) is 39.5 Å². The number of nitrogens with one attached hydrogen (secondary N) is 3. The van der Waals surface area contributed by atoms with Crippen molar-refractivity contribution in [1.82, 2.24) is 20.9 Å². The van der Waals surface area contributed by atoms with E-state index >= 15 is 0 Å². The third kappa shape index (κ3) is 6.46. The van der Waals surface area contributed by atoms with Crippen LogP contribution in [0.2, 0.25) is 0 Å². The quantitative estimate of drug-likeness (QED) is 0.253. The van der Waals surface area contributed by atoms with Crippen molar-refractivity contribution in [3.63, 3.8) is 0 Å². The van der Waals surface area contributed by atoms with Gasteiger partial charge in [0.25, 0.3) is 0 Å². The molecule has 7 heteroatoms. The normalized spacial score (nSPS) is 15.3. The van der Waals surface area contributed by atoms with Gasteiger partial charge in [-0.3, -0.25) is 14.7 Å². The van der Waals surface area contributed by atoms with Crippen LogP contribution in [0.5, 0.6) is 0 Å². The van der Waals surface area contributed by atoms with Crippen LogP contribution in [-0.2, 0) is 4.79 Å². The fourth-order valence-corrected chi connectivity index (χ4v) is 2.04. The molecule has 1 rings (SSSR count). The van der Waals surface area contributed by atoms with Gasteiger partial charge in [0, 0.05) is 26.2 Å². The lowest BCUT2D eigenvalue weighted by Gasteiger charge is -2.15. The molecule has 0 aromatic carbocycles. The summed E-state index contributed by atoms with van der Waals surface area (Å²) in [4.78, 5) is 28.5. The molecule has 0 atom stereocenters. The van der Waals surface area contributed by atoms with Crippen molar-refractivity contribution in [1.29, 1.82) is 0 Å². The minimum atomic E-state index is -0.316. The van der Waals surface area contributed by atoms with Crippen LogP contribution in [0.15, 0.2) is 4.99 Å². The van der Waals surface area contributed by atoms with E-state index in [2.05, 4.69) is 27.9 Å². The minimum absolute atomic E-state index is 0.102. The van der Waals surface area contributed by atoms with Crippen molar-refractivity contribution in [2.24, 2.45) is 4.99 Å². The molecule has 1 saturated heterocycles. The Morgan fingerprint density at radius 3 is 2.67 bits per heavy atom.